The van der Waals surface area contributed by atoms with E-state index < -0.39 is 47.0 Å². The molecule has 0 radical (unpaired) electrons. The van der Waals surface area contributed by atoms with Crippen molar-refractivity contribution in [1.82, 2.24) is 25.9 Å². The van der Waals surface area contributed by atoms with Gasteiger partial charge >= 0.3 is 17.9 Å². The van der Waals surface area contributed by atoms with Gasteiger partial charge in [0.05, 0.1) is 5.92 Å². The SMILES string of the molecule is CC(C)(C)OC(=O)[C@@H](CCC(=O)N[C@@H](CCC(=O)OCc1ccccc1)C(=O)OC(C)(C)C)CCc1nnn[nH]1. The second-order valence-corrected chi connectivity index (χ2v) is 11.5. The first-order chi connectivity index (χ1) is 18.7. The molecule has 220 valence electrons. The second kappa shape index (κ2) is 15.1. The van der Waals surface area contributed by atoms with Crippen LogP contribution in [-0.4, -0.2) is 61.7 Å². The van der Waals surface area contributed by atoms with Gasteiger partial charge in [-0.3, -0.25) is 14.4 Å². The number of ether oxygens (including phenoxy) is 3. The van der Waals surface area contributed by atoms with Crippen molar-refractivity contribution in [2.24, 2.45) is 5.92 Å². The third kappa shape index (κ3) is 13.3. The maximum Gasteiger partial charge on any atom is 0.329 e. The number of hydrogen-bond acceptors (Lipinski definition) is 10. The summed E-state index contributed by atoms with van der Waals surface area (Å²) in [6.07, 6.45) is 0.801. The van der Waals surface area contributed by atoms with Crippen LogP contribution < -0.4 is 5.32 Å². The third-order valence-corrected chi connectivity index (χ3v) is 5.49. The van der Waals surface area contributed by atoms with E-state index in [1.807, 2.05) is 30.3 Å². The highest BCUT2D eigenvalue weighted by Crippen LogP contribution is 2.20. The van der Waals surface area contributed by atoms with Crippen molar-refractivity contribution in [3.8, 4) is 0 Å². The molecule has 0 unspecified atom stereocenters. The zero-order valence-electron chi connectivity index (χ0n) is 24.2. The van der Waals surface area contributed by atoms with Gasteiger partial charge in [0, 0.05) is 19.3 Å². The van der Waals surface area contributed by atoms with Gasteiger partial charge in [-0.15, -0.1) is 5.10 Å². The summed E-state index contributed by atoms with van der Waals surface area (Å²) < 4.78 is 16.3. The first kappa shape index (κ1) is 32.4. The molecule has 1 heterocycles. The lowest BCUT2D eigenvalue weighted by molar-refractivity contribution is -0.161. The summed E-state index contributed by atoms with van der Waals surface area (Å²) in [5, 5.41) is 16.2. The predicted molar refractivity (Wildman–Crippen MR) is 144 cm³/mol. The Hall–Kier alpha value is -3.83. The van der Waals surface area contributed by atoms with Crippen LogP contribution in [0, 0.1) is 5.92 Å². The Kier molecular flexibility index (Phi) is 12.2. The number of esters is 3. The van der Waals surface area contributed by atoms with Gasteiger partial charge in [-0.25, -0.2) is 9.89 Å². The smallest absolute Gasteiger partial charge is 0.329 e. The minimum absolute atomic E-state index is 0.00225. The van der Waals surface area contributed by atoms with Crippen LogP contribution in [0.3, 0.4) is 0 Å². The molecule has 2 atom stereocenters. The molecule has 0 saturated carbocycles. The lowest BCUT2D eigenvalue weighted by Gasteiger charge is -2.25. The quantitative estimate of drug-likeness (QED) is 0.259. The molecule has 2 rings (SSSR count). The molecule has 0 spiro atoms. The number of hydrogen-bond donors (Lipinski definition) is 2. The van der Waals surface area contributed by atoms with E-state index in [0.717, 1.165) is 5.56 Å². The molecular formula is C28H41N5O7. The van der Waals surface area contributed by atoms with E-state index in [2.05, 4.69) is 25.9 Å². The summed E-state index contributed by atoms with van der Waals surface area (Å²) in [6, 6.07) is 8.17. The molecule has 1 amide bonds. The average Bonchev–Trinajstić information content (AvgIpc) is 3.37. The van der Waals surface area contributed by atoms with E-state index in [9.17, 15) is 19.2 Å². The van der Waals surface area contributed by atoms with Crippen molar-refractivity contribution in [1.29, 1.82) is 0 Å². The molecule has 2 aromatic rings. The predicted octanol–water partition coefficient (Wildman–Crippen LogP) is 3.22. The van der Waals surface area contributed by atoms with Gasteiger partial charge in [-0.2, -0.15) is 0 Å². The Labute approximate surface area is 234 Å². The normalized spacial score (nSPS) is 13.2. The van der Waals surface area contributed by atoms with Crippen LogP contribution in [0.2, 0.25) is 0 Å². The lowest BCUT2D eigenvalue weighted by atomic mass is 9.96. The van der Waals surface area contributed by atoms with Crippen LogP contribution in [0.15, 0.2) is 30.3 Å². The Bertz CT molecular complexity index is 1090. The molecular weight excluding hydrogens is 518 g/mol. The number of aromatic amines is 1. The number of aryl methyl sites for hydroxylation is 1. The van der Waals surface area contributed by atoms with Gasteiger partial charge in [0.1, 0.15) is 29.7 Å². The number of nitrogens with one attached hydrogen (secondary N) is 2. The highest BCUT2D eigenvalue weighted by Gasteiger charge is 2.29. The fourth-order valence-corrected chi connectivity index (χ4v) is 3.63. The van der Waals surface area contributed by atoms with Crippen LogP contribution in [0.1, 0.15) is 85.0 Å². The number of carbonyl (C=O) groups excluding carboxylic acids is 4. The zero-order chi connectivity index (χ0) is 29.8. The van der Waals surface area contributed by atoms with Gasteiger partial charge in [0.25, 0.3) is 0 Å². The molecule has 0 aliphatic rings. The average molecular weight is 560 g/mol. The van der Waals surface area contributed by atoms with Gasteiger partial charge < -0.3 is 19.5 Å². The molecule has 2 N–H and O–H groups in total. The van der Waals surface area contributed by atoms with Gasteiger partial charge in [-0.1, -0.05) is 30.3 Å². The third-order valence-electron chi connectivity index (χ3n) is 5.49. The number of amides is 1. The van der Waals surface area contributed by atoms with Crippen molar-refractivity contribution >= 4 is 23.8 Å². The van der Waals surface area contributed by atoms with E-state index in [1.165, 1.54) is 0 Å². The first-order valence-electron chi connectivity index (χ1n) is 13.4. The fourth-order valence-electron chi connectivity index (χ4n) is 3.63. The van der Waals surface area contributed by atoms with Crippen LogP contribution in [-0.2, 0) is 46.4 Å². The lowest BCUT2D eigenvalue weighted by Crippen LogP contribution is -2.44. The number of benzene rings is 1. The van der Waals surface area contributed by atoms with E-state index in [-0.39, 0.29) is 32.3 Å². The van der Waals surface area contributed by atoms with Crippen LogP contribution in [0.5, 0.6) is 0 Å². The van der Waals surface area contributed by atoms with E-state index in [1.54, 1.807) is 41.5 Å². The number of rotatable bonds is 14. The van der Waals surface area contributed by atoms with Crippen molar-refractivity contribution in [2.75, 3.05) is 0 Å². The molecule has 0 aliphatic heterocycles. The summed E-state index contributed by atoms with van der Waals surface area (Å²) in [4.78, 5) is 50.9. The molecule has 1 aromatic carbocycles. The Balaban J connectivity index is 1.98. The first-order valence-corrected chi connectivity index (χ1v) is 13.4. The molecule has 0 bridgehead atoms. The molecule has 0 saturated heterocycles. The summed E-state index contributed by atoms with van der Waals surface area (Å²) >= 11 is 0. The van der Waals surface area contributed by atoms with E-state index >= 15 is 0 Å². The van der Waals surface area contributed by atoms with Crippen molar-refractivity contribution < 1.29 is 33.4 Å². The standard InChI is InChI=1S/C28H41N5O7/c1-27(2,3)39-25(36)20(12-15-22-30-32-33-31-22)13-16-23(34)29-21(26(37)40-28(4,5)6)14-17-24(35)38-18-19-10-8-7-9-11-19/h7-11,20-21H,12-18H2,1-6H3,(H,29,34)(H,30,31,32,33)/t20-,21+/m1/s1. The maximum atomic E-state index is 12.9. The summed E-state index contributed by atoms with van der Waals surface area (Å²) in [6.45, 7) is 10.6. The highest BCUT2D eigenvalue weighted by atomic mass is 16.6. The number of tetrazole rings is 1. The maximum absolute atomic E-state index is 12.9. The second-order valence-electron chi connectivity index (χ2n) is 11.5. The Morgan fingerprint density at radius 2 is 1.52 bits per heavy atom. The summed E-state index contributed by atoms with van der Waals surface area (Å²) in [5.74, 6) is -2.12. The molecule has 0 aliphatic carbocycles. The number of nitrogens with zero attached hydrogens (tertiary/aromatic N) is 3. The molecule has 0 fully saturated rings. The van der Waals surface area contributed by atoms with Crippen LogP contribution >= 0.6 is 0 Å². The van der Waals surface area contributed by atoms with E-state index in [4.69, 9.17) is 14.2 Å². The van der Waals surface area contributed by atoms with Crippen molar-refractivity contribution in [2.45, 2.75) is 104 Å². The van der Waals surface area contributed by atoms with Gasteiger partial charge in [-0.05, 0) is 76.8 Å². The molecule has 1 aromatic heterocycles. The molecule has 12 nitrogen and oxygen atoms in total. The van der Waals surface area contributed by atoms with Gasteiger partial charge in [0.2, 0.25) is 5.91 Å². The summed E-state index contributed by atoms with van der Waals surface area (Å²) in [7, 11) is 0. The Morgan fingerprint density at radius 3 is 2.12 bits per heavy atom. The van der Waals surface area contributed by atoms with Crippen LogP contribution in [0.25, 0.3) is 0 Å². The largest absolute Gasteiger partial charge is 0.461 e. The van der Waals surface area contributed by atoms with Gasteiger partial charge in [0.15, 0.2) is 0 Å². The monoisotopic (exact) mass is 559 g/mol. The highest BCUT2D eigenvalue weighted by molar-refractivity contribution is 5.85. The van der Waals surface area contributed by atoms with Crippen LogP contribution in [0.4, 0.5) is 0 Å². The minimum Gasteiger partial charge on any atom is -0.461 e. The molecule has 40 heavy (non-hydrogen) atoms. The Morgan fingerprint density at radius 1 is 0.875 bits per heavy atom. The minimum atomic E-state index is -1.06. The zero-order valence-corrected chi connectivity index (χ0v) is 24.2. The topological polar surface area (TPSA) is 162 Å². The summed E-state index contributed by atoms with van der Waals surface area (Å²) in [5.41, 5.74) is -0.639. The van der Waals surface area contributed by atoms with E-state index in [0.29, 0.717) is 18.7 Å². The number of carbonyl (C=O) groups is 4. The number of aromatic nitrogens is 4. The fraction of sp³-hybridized carbons (Fsp3) is 0.607. The number of H-pyrrole nitrogens is 1. The van der Waals surface area contributed by atoms with Crippen molar-refractivity contribution in [3.05, 3.63) is 41.7 Å². The van der Waals surface area contributed by atoms with Crippen molar-refractivity contribution in [3.63, 3.8) is 0 Å². The molecule has 12 heteroatoms.